The number of hydrogen-bond acceptors (Lipinski definition) is 4. The number of carbonyl (C=O) groups excluding carboxylic acids is 2. The molecule has 0 aromatic carbocycles. The average Bonchev–Trinajstić information content (AvgIpc) is 3.16. The van der Waals surface area contributed by atoms with Crippen LogP contribution in [0.5, 0.6) is 0 Å². The summed E-state index contributed by atoms with van der Waals surface area (Å²) in [5.74, 6) is -0.0394. The van der Waals surface area contributed by atoms with Crippen molar-refractivity contribution in [2.45, 2.75) is 45.7 Å². The molecule has 3 heterocycles. The van der Waals surface area contributed by atoms with Crippen LogP contribution >= 0.6 is 0 Å². The summed E-state index contributed by atoms with van der Waals surface area (Å²) in [6, 6.07) is 6.07. The lowest BCUT2D eigenvalue weighted by molar-refractivity contribution is -0.138. The van der Waals surface area contributed by atoms with Crippen molar-refractivity contribution < 1.29 is 9.59 Å². The third kappa shape index (κ3) is 5.15. The number of hydrogen-bond donors (Lipinski definition) is 1. The molecule has 2 aromatic heterocycles. The van der Waals surface area contributed by atoms with E-state index in [1.165, 1.54) is 0 Å². The fraction of sp³-hybridized carbons (Fsp3) is 0.500. The fourth-order valence-electron chi connectivity index (χ4n) is 3.23. The number of piperidine rings is 1. The van der Waals surface area contributed by atoms with Crippen molar-refractivity contribution in [3.8, 4) is 0 Å². The summed E-state index contributed by atoms with van der Waals surface area (Å²) in [4.78, 5) is 30.8. The number of rotatable bonds is 7. The topological polar surface area (TPSA) is 80.1 Å². The van der Waals surface area contributed by atoms with Gasteiger partial charge in [-0.1, -0.05) is 6.07 Å². The zero-order valence-electron chi connectivity index (χ0n) is 16.0. The molecule has 1 aliphatic rings. The number of carbonyl (C=O) groups is 2. The Hall–Kier alpha value is -2.70. The average molecular weight is 369 g/mol. The second kappa shape index (κ2) is 8.79. The van der Waals surface area contributed by atoms with E-state index in [1.54, 1.807) is 17.3 Å². The Bertz CT molecular complexity index is 772. The lowest BCUT2D eigenvalue weighted by Gasteiger charge is -2.31. The highest BCUT2D eigenvalue weighted by Gasteiger charge is 2.29. The van der Waals surface area contributed by atoms with Crippen LogP contribution in [0.3, 0.4) is 0 Å². The van der Waals surface area contributed by atoms with E-state index in [2.05, 4.69) is 29.2 Å². The highest BCUT2D eigenvalue weighted by Crippen LogP contribution is 2.18. The SMILES string of the molecule is CC(C)n1cc(CNC(=O)C2CCC(=O)N(CCc3ccccn3)C2)cn1. The van der Waals surface area contributed by atoms with Gasteiger partial charge in [0.15, 0.2) is 0 Å². The predicted octanol–water partition coefficient (Wildman–Crippen LogP) is 1.96. The Morgan fingerprint density at radius 1 is 1.37 bits per heavy atom. The van der Waals surface area contributed by atoms with Gasteiger partial charge in [-0.2, -0.15) is 5.10 Å². The Kier molecular flexibility index (Phi) is 6.21. The molecule has 7 nitrogen and oxygen atoms in total. The lowest BCUT2D eigenvalue weighted by atomic mass is 9.96. The van der Waals surface area contributed by atoms with Gasteiger partial charge < -0.3 is 10.2 Å². The van der Waals surface area contributed by atoms with Crippen LogP contribution in [-0.2, 0) is 22.6 Å². The molecule has 0 aliphatic carbocycles. The first-order chi connectivity index (χ1) is 13.0. The first-order valence-corrected chi connectivity index (χ1v) is 9.51. The largest absolute Gasteiger partial charge is 0.352 e. The molecule has 1 saturated heterocycles. The summed E-state index contributed by atoms with van der Waals surface area (Å²) in [7, 11) is 0. The minimum Gasteiger partial charge on any atom is -0.352 e. The van der Waals surface area contributed by atoms with E-state index in [9.17, 15) is 9.59 Å². The quantitative estimate of drug-likeness (QED) is 0.809. The summed E-state index contributed by atoms with van der Waals surface area (Å²) < 4.78 is 1.88. The van der Waals surface area contributed by atoms with Crippen LogP contribution in [0, 0.1) is 5.92 Å². The molecule has 27 heavy (non-hydrogen) atoms. The molecule has 1 unspecified atom stereocenters. The van der Waals surface area contributed by atoms with E-state index in [4.69, 9.17) is 0 Å². The monoisotopic (exact) mass is 369 g/mol. The molecule has 1 N–H and O–H groups in total. The highest BCUT2D eigenvalue weighted by atomic mass is 16.2. The van der Waals surface area contributed by atoms with Crippen molar-refractivity contribution in [2.24, 2.45) is 5.92 Å². The van der Waals surface area contributed by atoms with Crippen molar-refractivity contribution in [3.05, 3.63) is 48.0 Å². The van der Waals surface area contributed by atoms with Crippen LogP contribution < -0.4 is 5.32 Å². The van der Waals surface area contributed by atoms with Gasteiger partial charge in [-0.15, -0.1) is 0 Å². The molecule has 0 radical (unpaired) electrons. The van der Waals surface area contributed by atoms with E-state index in [0.717, 1.165) is 11.3 Å². The molecule has 1 fully saturated rings. The number of nitrogens with one attached hydrogen (secondary N) is 1. The summed E-state index contributed by atoms with van der Waals surface area (Å²) in [5.41, 5.74) is 1.94. The molecule has 3 rings (SSSR count). The van der Waals surface area contributed by atoms with Gasteiger partial charge in [-0.05, 0) is 32.4 Å². The number of likely N-dealkylation sites (tertiary alicyclic amines) is 1. The van der Waals surface area contributed by atoms with E-state index < -0.39 is 0 Å². The summed E-state index contributed by atoms with van der Waals surface area (Å²) in [6.45, 7) is 5.66. The first-order valence-electron chi connectivity index (χ1n) is 9.51. The zero-order chi connectivity index (χ0) is 19.2. The van der Waals surface area contributed by atoms with Crippen molar-refractivity contribution >= 4 is 11.8 Å². The van der Waals surface area contributed by atoms with Crippen molar-refractivity contribution in [2.75, 3.05) is 13.1 Å². The molecule has 0 bridgehead atoms. The van der Waals surface area contributed by atoms with Crippen LogP contribution in [0.15, 0.2) is 36.8 Å². The Morgan fingerprint density at radius 2 is 2.22 bits per heavy atom. The van der Waals surface area contributed by atoms with Crippen LogP contribution in [0.4, 0.5) is 0 Å². The van der Waals surface area contributed by atoms with Crippen molar-refractivity contribution in [3.63, 3.8) is 0 Å². The minimum absolute atomic E-state index is 0.00244. The van der Waals surface area contributed by atoms with Gasteiger partial charge in [0, 0.05) is 62.2 Å². The normalized spacial score (nSPS) is 17.4. The van der Waals surface area contributed by atoms with E-state index >= 15 is 0 Å². The smallest absolute Gasteiger partial charge is 0.225 e. The maximum absolute atomic E-state index is 12.5. The van der Waals surface area contributed by atoms with Gasteiger partial charge in [0.1, 0.15) is 0 Å². The van der Waals surface area contributed by atoms with Crippen LogP contribution in [-0.4, -0.2) is 44.6 Å². The molecular weight excluding hydrogens is 342 g/mol. The number of amides is 2. The van der Waals surface area contributed by atoms with E-state index in [1.807, 2.05) is 29.1 Å². The van der Waals surface area contributed by atoms with Gasteiger partial charge in [0.2, 0.25) is 11.8 Å². The first kappa shape index (κ1) is 19.1. The number of aromatic nitrogens is 3. The minimum atomic E-state index is -0.161. The summed E-state index contributed by atoms with van der Waals surface area (Å²) >= 11 is 0. The molecule has 2 amide bonds. The van der Waals surface area contributed by atoms with Gasteiger partial charge >= 0.3 is 0 Å². The molecule has 1 aliphatic heterocycles. The van der Waals surface area contributed by atoms with Crippen LogP contribution in [0.25, 0.3) is 0 Å². The zero-order valence-corrected chi connectivity index (χ0v) is 16.0. The van der Waals surface area contributed by atoms with Gasteiger partial charge in [-0.25, -0.2) is 0 Å². The van der Waals surface area contributed by atoms with Crippen molar-refractivity contribution in [1.82, 2.24) is 25.0 Å². The third-order valence-electron chi connectivity index (χ3n) is 4.89. The van der Waals surface area contributed by atoms with Crippen LogP contribution in [0.1, 0.15) is 44.0 Å². The Labute approximate surface area is 159 Å². The second-order valence-electron chi connectivity index (χ2n) is 7.29. The Balaban J connectivity index is 1.50. The van der Waals surface area contributed by atoms with Crippen molar-refractivity contribution in [1.29, 1.82) is 0 Å². The molecular formula is C20H27N5O2. The molecule has 0 saturated carbocycles. The number of nitrogens with zero attached hydrogens (tertiary/aromatic N) is 4. The maximum atomic E-state index is 12.5. The standard InChI is InChI=1S/C20H27N5O2/c1-15(2)25-13-16(12-23-25)11-22-20(27)17-6-7-19(26)24(14-17)10-8-18-5-3-4-9-21-18/h3-5,9,12-13,15,17H,6-8,10-11,14H2,1-2H3,(H,22,27). The summed E-state index contributed by atoms with van der Waals surface area (Å²) in [5, 5.41) is 7.28. The van der Waals surface area contributed by atoms with Gasteiger partial charge in [0.05, 0.1) is 12.1 Å². The second-order valence-corrected chi connectivity index (χ2v) is 7.29. The van der Waals surface area contributed by atoms with Gasteiger partial charge in [0.25, 0.3) is 0 Å². The summed E-state index contributed by atoms with van der Waals surface area (Å²) in [6.07, 6.45) is 7.22. The molecule has 1 atom stereocenters. The fourth-order valence-corrected chi connectivity index (χ4v) is 3.23. The number of pyridine rings is 1. The molecule has 7 heteroatoms. The molecule has 144 valence electrons. The van der Waals surface area contributed by atoms with E-state index in [0.29, 0.717) is 44.9 Å². The molecule has 2 aromatic rings. The molecule has 0 spiro atoms. The lowest BCUT2D eigenvalue weighted by Crippen LogP contribution is -2.46. The maximum Gasteiger partial charge on any atom is 0.225 e. The Morgan fingerprint density at radius 3 is 2.93 bits per heavy atom. The highest BCUT2D eigenvalue weighted by molar-refractivity contribution is 5.83. The van der Waals surface area contributed by atoms with Crippen LogP contribution in [0.2, 0.25) is 0 Å². The van der Waals surface area contributed by atoms with E-state index in [-0.39, 0.29) is 17.7 Å². The van der Waals surface area contributed by atoms with Gasteiger partial charge in [-0.3, -0.25) is 19.3 Å². The predicted molar refractivity (Wildman–Crippen MR) is 102 cm³/mol. The third-order valence-corrected chi connectivity index (χ3v) is 4.89.